The zero-order valence-electron chi connectivity index (χ0n) is 9.49. The van der Waals surface area contributed by atoms with Gasteiger partial charge in [0, 0.05) is 0 Å². The highest BCUT2D eigenvalue weighted by Crippen LogP contribution is 2.37. The van der Waals surface area contributed by atoms with E-state index in [-0.39, 0.29) is 17.1 Å². The summed E-state index contributed by atoms with van der Waals surface area (Å²) < 4.78 is 5.19. The third-order valence-electron chi connectivity index (χ3n) is 2.40. The Balaban J connectivity index is 2.39. The number of nitrogens with one attached hydrogen (secondary N) is 1. The molecule has 1 heterocycles. The average molecular weight is 281 g/mol. The molecule has 0 fully saturated rings. The van der Waals surface area contributed by atoms with Gasteiger partial charge in [-0.05, 0) is 12.1 Å². The number of halogens is 1. The first kappa shape index (κ1) is 12.8. The molecule has 92 valence electrons. The molecule has 0 spiro atoms. The van der Waals surface area contributed by atoms with E-state index in [0.29, 0.717) is 21.5 Å². The highest BCUT2D eigenvalue weighted by molar-refractivity contribution is 8.04. The van der Waals surface area contributed by atoms with Gasteiger partial charge >= 0.3 is 0 Å². The van der Waals surface area contributed by atoms with E-state index >= 15 is 0 Å². The number of nitriles is 1. The van der Waals surface area contributed by atoms with Gasteiger partial charge in [0.05, 0.1) is 22.9 Å². The number of anilines is 1. The zero-order chi connectivity index (χ0) is 13.1. The molecule has 1 N–H and O–H groups in total. The predicted octanol–water partition coefficient (Wildman–Crippen LogP) is 2.81. The van der Waals surface area contributed by atoms with Crippen LogP contribution in [0.3, 0.4) is 0 Å². The molecule has 0 amide bonds. The van der Waals surface area contributed by atoms with Crippen molar-refractivity contribution in [2.24, 2.45) is 0 Å². The number of benzene rings is 1. The molecule has 0 atom stereocenters. The van der Waals surface area contributed by atoms with Crippen LogP contribution in [0.15, 0.2) is 28.8 Å². The number of ketones is 1. The smallest absolute Gasteiger partial charge is 0.186 e. The molecule has 0 saturated carbocycles. The molecule has 0 aliphatic carbocycles. The molecule has 0 radical (unpaired) electrons. The van der Waals surface area contributed by atoms with Crippen molar-refractivity contribution in [1.82, 2.24) is 0 Å². The van der Waals surface area contributed by atoms with E-state index in [1.54, 1.807) is 18.2 Å². The van der Waals surface area contributed by atoms with E-state index in [0.717, 1.165) is 0 Å². The van der Waals surface area contributed by atoms with Gasteiger partial charge < -0.3 is 10.1 Å². The molecule has 0 bridgehead atoms. The molecule has 18 heavy (non-hydrogen) atoms. The monoisotopic (exact) mass is 280 g/mol. The largest absolute Gasteiger partial charge is 0.495 e. The number of carbonyl (C=O) groups is 1. The molecule has 0 saturated heterocycles. The van der Waals surface area contributed by atoms with Gasteiger partial charge in [-0.15, -0.1) is 0 Å². The summed E-state index contributed by atoms with van der Waals surface area (Å²) in [5.74, 6) is 0.668. The maximum atomic E-state index is 11.4. The zero-order valence-corrected chi connectivity index (χ0v) is 11.1. The van der Waals surface area contributed by atoms with Gasteiger partial charge in [-0.25, -0.2) is 0 Å². The Kier molecular flexibility index (Phi) is 3.80. The minimum atomic E-state index is -0.170. The molecule has 6 heteroatoms. The minimum absolute atomic E-state index is 0.141. The molecule has 0 unspecified atom stereocenters. The van der Waals surface area contributed by atoms with Gasteiger partial charge in [0.1, 0.15) is 23.1 Å². The summed E-state index contributed by atoms with van der Waals surface area (Å²) >= 11 is 7.36. The first-order valence-corrected chi connectivity index (χ1v) is 6.43. The lowest BCUT2D eigenvalue weighted by atomic mass is 10.2. The first-order valence-electron chi connectivity index (χ1n) is 5.07. The molecule has 1 aliphatic rings. The van der Waals surface area contributed by atoms with Crippen LogP contribution >= 0.6 is 23.4 Å². The van der Waals surface area contributed by atoms with Crippen LogP contribution in [0.1, 0.15) is 0 Å². The summed E-state index contributed by atoms with van der Waals surface area (Å²) in [6.07, 6.45) is 0. The second-order valence-electron chi connectivity index (χ2n) is 3.47. The lowest BCUT2D eigenvalue weighted by Gasteiger charge is -2.12. The van der Waals surface area contributed by atoms with E-state index in [1.165, 1.54) is 18.9 Å². The highest BCUT2D eigenvalue weighted by Gasteiger charge is 2.25. The molecule has 1 aliphatic heterocycles. The summed E-state index contributed by atoms with van der Waals surface area (Å²) in [4.78, 5) is 11.4. The van der Waals surface area contributed by atoms with E-state index in [2.05, 4.69) is 5.32 Å². The standard InChI is InChI=1S/C12H9ClN2O2S/c1-17-10-4-2-3-8(13)11(10)15-12-7(5-14)9(16)6-18-12/h2-4,15H,6H2,1H3. The number of Topliss-reactive ketones (excluding diaryl/α,β-unsaturated/α-hetero) is 1. The number of allylic oxidation sites excluding steroid dienone is 1. The summed E-state index contributed by atoms with van der Waals surface area (Å²) in [5.41, 5.74) is 0.702. The van der Waals surface area contributed by atoms with Crippen LogP contribution in [0.25, 0.3) is 0 Å². The van der Waals surface area contributed by atoms with E-state index in [1.807, 2.05) is 6.07 Å². The molecule has 4 nitrogen and oxygen atoms in total. The van der Waals surface area contributed by atoms with Crippen molar-refractivity contribution in [3.8, 4) is 11.8 Å². The summed E-state index contributed by atoms with van der Waals surface area (Å²) in [6, 6.07) is 7.13. The fourth-order valence-corrected chi connectivity index (χ4v) is 2.64. The van der Waals surface area contributed by atoms with Gasteiger partial charge in [-0.3, -0.25) is 4.79 Å². The van der Waals surface area contributed by atoms with Gasteiger partial charge in [0.2, 0.25) is 0 Å². The summed E-state index contributed by atoms with van der Waals surface area (Å²) in [6.45, 7) is 0. The van der Waals surface area contributed by atoms with Crippen molar-refractivity contribution in [3.05, 3.63) is 33.8 Å². The van der Waals surface area contributed by atoms with Crippen molar-refractivity contribution in [2.75, 3.05) is 18.2 Å². The number of rotatable bonds is 3. The van der Waals surface area contributed by atoms with E-state index in [4.69, 9.17) is 21.6 Å². The lowest BCUT2D eigenvalue weighted by Crippen LogP contribution is -2.02. The van der Waals surface area contributed by atoms with Crippen LogP contribution in [0.5, 0.6) is 5.75 Å². The lowest BCUT2D eigenvalue weighted by molar-refractivity contribution is -0.112. The second kappa shape index (κ2) is 5.34. The first-order chi connectivity index (χ1) is 8.67. The van der Waals surface area contributed by atoms with Crippen LogP contribution < -0.4 is 10.1 Å². The fourth-order valence-electron chi connectivity index (χ4n) is 1.53. The second-order valence-corrected chi connectivity index (χ2v) is 4.86. The predicted molar refractivity (Wildman–Crippen MR) is 71.7 cm³/mol. The van der Waals surface area contributed by atoms with E-state index < -0.39 is 0 Å². The Morgan fingerprint density at radius 3 is 3.00 bits per heavy atom. The van der Waals surface area contributed by atoms with Crippen LogP contribution in [0.4, 0.5) is 5.69 Å². The van der Waals surface area contributed by atoms with Crippen LogP contribution in [-0.4, -0.2) is 18.6 Å². The molecule has 2 rings (SSSR count). The van der Waals surface area contributed by atoms with Gasteiger partial charge in [-0.1, -0.05) is 29.4 Å². The number of methoxy groups -OCH3 is 1. The maximum absolute atomic E-state index is 11.4. The summed E-state index contributed by atoms with van der Waals surface area (Å²) in [5, 5.41) is 12.9. The number of para-hydroxylation sites is 1. The highest BCUT2D eigenvalue weighted by atomic mass is 35.5. The van der Waals surface area contributed by atoms with Crippen LogP contribution in [-0.2, 0) is 4.79 Å². The van der Waals surface area contributed by atoms with Crippen molar-refractivity contribution in [3.63, 3.8) is 0 Å². The van der Waals surface area contributed by atoms with E-state index in [9.17, 15) is 4.79 Å². The van der Waals surface area contributed by atoms with Crippen molar-refractivity contribution in [1.29, 1.82) is 5.26 Å². The number of hydrogen-bond acceptors (Lipinski definition) is 5. The Hall–Kier alpha value is -1.64. The fraction of sp³-hybridized carbons (Fsp3) is 0.167. The third-order valence-corrected chi connectivity index (χ3v) is 3.72. The van der Waals surface area contributed by atoms with Crippen molar-refractivity contribution in [2.45, 2.75) is 0 Å². The number of nitrogens with zero attached hydrogens (tertiary/aromatic N) is 1. The number of ether oxygens (including phenoxy) is 1. The van der Waals surface area contributed by atoms with Crippen LogP contribution in [0.2, 0.25) is 5.02 Å². The Morgan fingerprint density at radius 2 is 2.33 bits per heavy atom. The molecular weight excluding hydrogens is 272 g/mol. The molecule has 1 aromatic carbocycles. The van der Waals surface area contributed by atoms with Gasteiger partial charge in [0.25, 0.3) is 0 Å². The van der Waals surface area contributed by atoms with Crippen molar-refractivity contribution < 1.29 is 9.53 Å². The normalized spacial score (nSPS) is 14.6. The minimum Gasteiger partial charge on any atom is -0.495 e. The summed E-state index contributed by atoms with van der Waals surface area (Å²) in [7, 11) is 1.53. The van der Waals surface area contributed by atoms with Crippen LogP contribution in [0, 0.1) is 11.3 Å². The maximum Gasteiger partial charge on any atom is 0.186 e. The third kappa shape index (κ3) is 2.30. The Labute approximate surface area is 114 Å². The quantitative estimate of drug-likeness (QED) is 0.922. The molecule has 1 aromatic rings. The molecular formula is C12H9ClN2O2S. The number of hydrogen-bond donors (Lipinski definition) is 1. The topological polar surface area (TPSA) is 62.1 Å². The SMILES string of the molecule is COc1cccc(Cl)c1NC1=C(C#N)C(=O)CS1. The van der Waals surface area contributed by atoms with Gasteiger partial charge in [0.15, 0.2) is 5.78 Å². The average Bonchev–Trinajstić information content (AvgIpc) is 2.72. The van der Waals surface area contributed by atoms with Gasteiger partial charge in [-0.2, -0.15) is 5.26 Å². The molecule has 0 aromatic heterocycles. The Morgan fingerprint density at radius 1 is 1.56 bits per heavy atom. The van der Waals surface area contributed by atoms with Crippen molar-refractivity contribution >= 4 is 34.8 Å². The number of thioether (sulfide) groups is 1. The number of carbonyl (C=O) groups excluding carboxylic acids is 1. The Bertz CT molecular complexity index is 578.